The second-order valence-corrected chi connectivity index (χ2v) is 9.93. The number of hydrogen-bond acceptors (Lipinski definition) is 7. The van der Waals surface area contributed by atoms with Crippen molar-refractivity contribution in [2.45, 2.75) is 31.6 Å². The van der Waals surface area contributed by atoms with Gasteiger partial charge in [0.2, 0.25) is 10.0 Å². The number of carbonyl (C=O) groups excluding carboxylic acids is 2. The highest BCUT2D eigenvalue weighted by Crippen LogP contribution is 2.32. The zero-order valence-corrected chi connectivity index (χ0v) is 19.6. The van der Waals surface area contributed by atoms with Crippen molar-refractivity contribution in [1.29, 1.82) is 10.5 Å². The highest BCUT2D eigenvalue weighted by molar-refractivity contribution is 7.89. The van der Waals surface area contributed by atoms with E-state index in [1.807, 2.05) is 19.1 Å². The molecule has 0 atom stereocenters. The van der Waals surface area contributed by atoms with E-state index in [-0.39, 0.29) is 42.3 Å². The summed E-state index contributed by atoms with van der Waals surface area (Å²) < 4.78 is 26.8. The Balaban J connectivity index is 2.26. The molecule has 11 heteroatoms. The van der Waals surface area contributed by atoms with Crippen LogP contribution in [0.1, 0.15) is 44.0 Å². The predicted octanol–water partition coefficient (Wildman–Crippen LogP) is 2.79. The summed E-state index contributed by atoms with van der Waals surface area (Å²) in [7, 11) is -2.41. The molecule has 1 aromatic carbocycles. The van der Waals surface area contributed by atoms with Crippen LogP contribution in [-0.2, 0) is 10.0 Å². The Morgan fingerprint density at radius 2 is 1.59 bits per heavy atom. The smallest absolute Gasteiger partial charge is 0.256 e. The van der Waals surface area contributed by atoms with E-state index >= 15 is 0 Å². The second kappa shape index (κ2) is 10.9. The van der Waals surface area contributed by atoms with Crippen LogP contribution >= 0.6 is 11.3 Å². The minimum atomic E-state index is -3.92. The Labute approximate surface area is 191 Å². The quantitative estimate of drug-likeness (QED) is 0.573. The summed E-state index contributed by atoms with van der Waals surface area (Å²) in [6.07, 6.45) is -0.00304. The van der Waals surface area contributed by atoms with Crippen molar-refractivity contribution in [2.24, 2.45) is 0 Å². The molecule has 1 heterocycles. The standard InChI is InChI=1S/C21H23N5O4S2/c1-14-15(2)31-21(18(14)20(28)24-3)25-19(27)16-6-8-17(9-7-16)32(29,30)26(12-4-10-22)13-5-11-23/h6-9H,4-5,12-13H2,1-3H3,(H,24,28)(H,25,27). The van der Waals surface area contributed by atoms with Crippen molar-refractivity contribution in [3.05, 3.63) is 45.8 Å². The summed E-state index contributed by atoms with van der Waals surface area (Å²) >= 11 is 1.29. The summed E-state index contributed by atoms with van der Waals surface area (Å²) in [5, 5.41) is 23.3. The van der Waals surface area contributed by atoms with Gasteiger partial charge in [0.1, 0.15) is 5.00 Å². The van der Waals surface area contributed by atoms with E-state index in [1.165, 1.54) is 42.6 Å². The minimum Gasteiger partial charge on any atom is -0.355 e. The highest BCUT2D eigenvalue weighted by Gasteiger charge is 2.25. The topological polar surface area (TPSA) is 143 Å². The van der Waals surface area contributed by atoms with Crippen LogP contribution in [0.3, 0.4) is 0 Å². The van der Waals surface area contributed by atoms with Crippen LogP contribution in [0, 0.1) is 36.5 Å². The molecule has 2 rings (SSSR count). The molecule has 2 aromatic rings. The molecular formula is C21H23N5O4S2. The number of nitrogens with zero attached hydrogens (tertiary/aromatic N) is 3. The Morgan fingerprint density at radius 1 is 1.03 bits per heavy atom. The molecule has 0 saturated carbocycles. The first kappa shape index (κ1) is 25.0. The van der Waals surface area contributed by atoms with Gasteiger partial charge in [0.05, 0.1) is 22.6 Å². The maximum absolute atomic E-state index is 12.9. The third-order valence-electron chi connectivity index (χ3n) is 4.77. The number of sulfonamides is 1. The van der Waals surface area contributed by atoms with E-state index in [2.05, 4.69) is 10.6 Å². The van der Waals surface area contributed by atoms with Crippen LogP contribution in [0.5, 0.6) is 0 Å². The number of rotatable bonds is 9. The number of anilines is 1. The van der Waals surface area contributed by atoms with Gasteiger partial charge in [0.15, 0.2) is 0 Å². The first-order chi connectivity index (χ1) is 15.2. The molecule has 0 saturated heterocycles. The molecule has 0 unspecified atom stereocenters. The molecule has 168 valence electrons. The van der Waals surface area contributed by atoms with E-state index in [1.54, 1.807) is 6.92 Å². The summed E-state index contributed by atoms with van der Waals surface area (Å²) in [6, 6.07) is 9.16. The molecule has 0 spiro atoms. The maximum Gasteiger partial charge on any atom is 0.256 e. The summed E-state index contributed by atoms with van der Waals surface area (Å²) in [6.45, 7) is 3.60. The lowest BCUT2D eigenvalue weighted by Crippen LogP contribution is -2.32. The molecule has 1 aromatic heterocycles. The molecule has 0 bridgehead atoms. The molecular weight excluding hydrogens is 450 g/mol. The first-order valence-corrected chi connectivity index (χ1v) is 11.9. The second-order valence-electron chi connectivity index (χ2n) is 6.77. The predicted molar refractivity (Wildman–Crippen MR) is 121 cm³/mol. The van der Waals surface area contributed by atoms with Gasteiger partial charge >= 0.3 is 0 Å². The normalized spacial score (nSPS) is 10.9. The maximum atomic E-state index is 12.9. The fourth-order valence-electron chi connectivity index (χ4n) is 2.92. The molecule has 2 N–H and O–H groups in total. The largest absolute Gasteiger partial charge is 0.355 e. The summed E-state index contributed by atoms with van der Waals surface area (Å²) in [5.41, 5.74) is 1.39. The van der Waals surface area contributed by atoms with Gasteiger partial charge in [-0.15, -0.1) is 11.3 Å². The highest BCUT2D eigenvalue weighted by atomic mass is 32.2. The van der Waals surface area contributed by atoms with E-state index in [0.717, 1.165) is 14.7 Å². The lowest BCUT2D eigenvalue weighted by molar-refractivity contribution is 0.0963. The van der Waals surface area contributed by atoms with Crippen LogP contribution in [0.25, 0.3) is 0 Å². The van der Waals surface area contributed by atoms with Crippen molar-refractivity contribution in [3.8, 4) is 12.1 Å². The number of nitriles is 2. The minimum absolute atomic E-state index is 0.00152. The van der Waals surface area contributed by atoms with E-state index in [0.29, 0.717) is 10.6 Å². The van der Waals surface area contributed by atoms with Gasteiger partial charge in [-0.25, -0.2) is 8.42 Å². The van der Waals surface area contributed by atoms with Crippen LogP contribution in [0.15, 0.2) is 29.2 Å². The fraction of sp³-hybridized carbons (Fsp3) is 0.333. The van der Waals surface area contributed by atoms with E-state index in [4.69, 9.17) is 10.5 Å². The summed E-state index contributed by atoms with van der Waals surface area (Å²) in [5.74, 6) is -0.787. The Bertz CT molecular complexity index is 1170. The molecule has 0 aliphatic rings. The SMILES string of the molecule is CNC(=O)c1c(NC(=O)c2ccc(S(=O)(=O)N(CCC#N)CCC#N)cc2)sc(C)c1C. The third-order valence-corrected chi connectivity index (χ3v) is 7.80. The van der Waals surface area contributed by atoms with E-state index in [9.17, 15) is 18.0 Å². The van der Waals surface area contributed by atoms with Crippen LogP contribution in [-0.4, -0.2) is 44.7 Å². The third kappa shape index (κ3) is 5.51. The molecule has 0 aliphatic heterocycles. The van der Waals surface area contributed by atoms with Crippen molar-refractivity contribution < 1.29 is 18.0 Å². The molecule has 0 aliphatic carbocycles. The van der Waals surface area contributed by atoms with Crippen molar-refractivity contribution in [1.82, 2.24) is 9.62 Å². The van der Waals surface area contributed by atoms with Crippen LogP contribution < -0.4 is 10.6 Å². The Kier molecular flexibility index (Phi) is 8.49. The summed E-state index contributed by atoms with van der Waals surface area (Å²) in [4.78, 5) is 25.8. The lowest BCUT2D eigenvalue weighted by atomic mass is 10.1. The van der Waals surface area contributed by atoms with Gasteiger partial charge in [0, 0.05) is 43.4 Å². The average molecular weight is 474 g/mol. The van der Waals surface area contributed by atoms with Crippen molar-refractivity contribution in [3.63, 3.8) is 0 Å². The molecule has 0 radical (unpaired) electrons. The van der Waals surface area contributed by atoms with Crippen molar-refractivity contribution >= 4 is 38.2 Å². The Morgan fingerprint density at radius 3 is 2.09 bits per heavy atom. The Hall–Kier alpha value is -3.25. The molecule has 0 fully saturated rings. The number of carbonyl (C=O) groups is 2. The number of nitrogens with one attached hydrogen (secondary N) is 2. The fourth-order valence-corrected chi connectivity index (χ4v) is 5.41. The number of thiophene rings is 1. The van der Waals surface area contributed by atoms with Gasteiger partial charge in [-0.1, -0.05) is 0 Å². The number of aryl methyl sites for hydroxylation is 1. The number of benzene rings is 1. The number of hydrogen-bond donors (Lipinski definition) is 2. The van der Waals surface area contributed by atoms with Gasteiger partial charge in [-0.3, -0.25) is 9.59 Å². The van der Waals surface area contributed by atoms with Gasteiger partial charge in [0.25, 0.3) is 11.8 Å². The van der Waals surface area contributed by atoms with E-state index < -0.39 is 15.9 Å². The zero-order chi connectivity index (χ0) is 23.9. The molecule has 9 nitrogen and oxygen atoms in total. The van der Waals surface area contributed by atoms with Crippen LogP contribution in [0.4, 0.5) is 5.00 Å². The molecule has 32 heavy (non-hydrogen) atoms. The monoisotopic (exact) mass is 473 g/mol. The number of amides is 2. The molecule has 2 amide bonds. The van der Waals surface area contributed by atoms with Gasteiger partial charge in [-0.2, -0.15) is 14.8 Å². The average Bonchev–Trinajstić information content (AvgIpc) is 3.06. The van der Waals surface area contributed by atoms with Crippen molar-refractivity contribution in [2.75, 3.05) is 25.5 Å². The van der Waals surface area contributed by atoms with Gasteiger partial charge in [-0.05, 0) is 43.7 Å². The van der Waals surface area contributed by atoms with Crippen LogP contribution in [0.2, 0.25) is 0 Å². The van der Waals surface area contributed by atoms with Gasteiger partial charge < -0.3 is 10.6 Å². The zero-order valence-electron chi connectivity index (χ0n) is 17.9. The lowest BCUT2D eigenvalue weighted by Gasteiger charge is -2.20. The first-order valence-electron chi connectivity index (χ1n) is 9.64.